The number of hydrogen-bond acceptors (Lipinski definition) is 30. The van der Waals surface area contributed by atoms with Crippen LogP contribution in [0, 0.1) is 0 Å². The van der Waals surface area contributed by atoms with Gasteiger partial charge in [-0.1, -0.05) is 0 Å². The minimum Gasteiger partial charge on any atom is -0.493 e. The average Bonchev–Trinajstić information content (AvgIpc) is 1.55. The Hall–Kier alpha value is -18.4. The van der Waals surface area contributed by atoms with Gasteiger partial charge in [0.05, 0.1) is 108 Å². The second-order valence-corrected chi connectivity index (χ2v) is 31.1. The van der Waals surface area contributed by atoms with Crippen molar-refractivity contribution in [1.82, 2.24) is 39.9 Å². The van der Waals surface area contributed by atoms with Crippen LogP contribution in [-0.4, -0.2) is 125 Å². The molecule has 0 spiro atoms. The summed E-state index contributed by atoms with van der Waals surface area (Å²) in [6.45, 7) is 0. The van der Waals surface area contributed by atoms with E-state index in [9.17, 15) is 19.2 Å². The predicted octanol–water partition coefficient (Wildman–Crippen LogP) is 21.2. The number of nitrogens with zero attached hydrogens (tertiary/aromatic N) is 6. The fourth-order valence-electron chi connectivity index (χ4n) is 16.9. The highest BCUT2D eigenvalue weighted by atomic mass is 16.6. The zero-order valence-electron chi connectivity index (χ0n) is 74.3. The van der Waals surface area contributed by atoms with Crippen molar-refractivity contribution in [1.29, 1.82) is 0 Å². The van der Waals surface area contributed by atoms with E-state index in [2.05, 4.69) is 9.97 Å². The number of methoxy groups -OCH3 is 12. The highest BCUT2D eigenvalue weighted by Gasteiger charge is 2.29. The van der Waals surface area contributed by atoms with E-state index in [1.54, 1.807) is 194 Å². The molecule has 9 heterocycles. The standard InChI is InChI=1S/C104H74N8O24/c1-117-81-33-53(34-82(118-2)89(81)125-9)69-29-49-13-17-61(45-77(49)133-101(69)113)129-57-21-25-65-73(41-57)97-105-93(65)110-98-75-43-59(131-63-19-15-51-31-71(103(115)135-79(51)47-63)55-37-85(121-5)91(127-11)86(38-55)122-6)23-27-67(75)95(107-98)112-100-76-44-60(132-64-20-16-52-32-72(104(116)136-80(52)48-64)56-39-87(123-7)92(128-12)88(40-56)124-8)24-28-68(76)96(108-100)111-99-74-42-58(22-26-66(74)94(106-99)109-97)130-62-18-14-50-30-70(102(114)134-78(50)46-62)54-35-83(119-3)90(126-10)84(36-54)120-4/h13-48H,1-12H3,(H2,105,106,107,108,109,110,111,112). The molecule has 2 N–H and O–H groups in total. The van der Waals surface area contributed by atoms with Gasteiger partial charge in [-0.05, 0) is 216 Å². The van der Waals surface area contributed by atoms with Gasteiger partial charge in [-0.3, -0.25) is 0 Å². The Kier molecular flexibility index (Phi) is 21.2. The second kappa shape index (κ2) is 34.2. The van der Waals surface area contributed by atoms with Crippen LogP contribution in [0.5, 0.6) is 115 Å². The van der Waals surface area contributed by atoms with Crippen molar-refractivity contribution in [3.63, 3.8) is 0 Å². The monoisotopic (exact) mass is 1820 g/mol. The molecule has 0 atom stereocenters. The molecule has 0 aliphatic carbocycles. The van der Waals surface area contributed by atoms with Crippen molar-refractivity contribution < 1.29 is 93.5 Å². The summed E-state index contributed by atoms with van der Waals surface area (Å²) in [4.78, 5) is 95.1. The molecule has 8 bridgehead atoms. The minimum absolute atomic E-state index is 0.195. The molecule has 0 amide bonds. The molecule has 32 heteroatoms. The molecule has 2 aliphatic heterocycles. The van der Waals surface area contributed by atoms with Crippen LogP contribution in [0.3, 0.4) is 0 Å². The van der Waals surface area contributed by atoms with Gasteiger partial charge in [0, 0.05) is 89.6 Å². The van der Waals surface area contributed by atoms with Crippen molar-refractivity contribution in [3.8, 4) is 205 Å². The third-order valence-corrected chi connectivity index (χ3v) is 23.4. The zero-order chi connectivity index (χ0) is 93.6. The highest BCUT2D eigenvalue weighted by Crippen LogP contribution is 2.49. The number of benzene rings is 12. The van der Waals surface area contributed by atoms with Gasteiger partial charge < -0.3 is 103 Å². The van der Waals surface area contributed by atoms with E-state index in [-0.39, 0.29) is 79.2 Å². The second-order valence-electron chi connectivity index (χ2n) is 31.1. The Labute approximate surface area is 767 Å². The van der Waals surface area contributed by atoms with Gasteiger partial charge in [0.15, 0.2) is 69.3 Å². The van der Waals surface area contributed by atoms with Gasteiger partial charge in [-0.2, -0.15) is 0 Å². The molecular formula is C104H74N8O24. The Bertz CT molecular complexity index is 8100. The van der Waals surface area contributed by atoms with Crippen LogP contribution < -0.4 is 98.3 Å². The minimum atomic E-state index is -0.630. The van der Waals surface area contributed by atoms with Crippen LogP contribution >= 0.6 is 0 Å². The van der Waals surface area contributed by atoms with E-state index >= 15 is 0 Å². The van der Waals surface area contributed by atoms with Gasteiger partial charge >= 0.3 is 22.5 Å². The summed E-state index contributed by atoms with van der Waals surface area (Å²) in [6.07, 6.45) is 0. The third kappa shape index (κ3) is 15.1. The fraction of sp³-hybridized carbons (Fsp3) is 0.115. The van der Waals surface area contributed by atoms with Crippen LogP contribution in [0.25, 0.3) is 178 Å². The lowest BCUT2D eigenvalue weighted by Gasteiger charge is -2.14. The molecule has 0 radical (unpaired) electrons. The smallest absolute Gasteiger partial charge is 0.344 e. The quantitative estimate of drug-likeness (QED) is 0.0531. The highest BCUT2D eigenvalue weighted by molar-refractivity contribution is 6.08. The summed E-state index contributed by atoms with van der Waals surface area (Å²) in [5.74, 6) is 7.80. The molecule has 0 saturated heterocycles. The summed E-state index contributed by atoms with van der Waals surface area (Å²) in [5, 5.41) is 4.54. The molecule has 0 unspecified atom stereocenters. The number of aromatic amines is 2. The van der Waals surface area contributed by atoms with Gasteiger partial charge in [0.1, 0.15) is 90.9 Å². The first-order valence-electron chi connectivity index (χ1n) is 41.9. The largest absolute Gasteiger partial charge is 0.493 e. The molecular weight excluding hydrogens is 1750 g/mol. The Balaban J connectivity index is 0.711. The first-order chi connectivity index (χ1) is 66.3. The maximum atomic E-state index is 14.0. The van der Waals surface area contributed by atoms with Gasteiger partial charge in [-0.15, -0.1) is 0 Å². The van der Waals surface area contributed by atoms with E-state index in [4.69, 9.17) is 123 Å². The van der Waals surface area contributed by atoms with Gasteiger partial charge in [0.25, 0.3) is 0 Å². The first kappa shape index (κ1) is 84.5. The van der Waals surface area contributed by atoms with E-state index in [0.29, 0.717) is 214 Å². The molecule has 0 fully saturated rings. The lowest BCUT2D eigenvalue weighted by atomic mass is 10.0. The number of hydrogen-bond donors (Lipinski definition) is 2. The lowest BCUT2D eigenvalue weighted by molar-refractivity contribution is 0.324. The van der Waals surface area contributed by atoms with Crippen LogP contribution in [0.1, 0.15) is 0 Å². The number of ether oxygens (including phenoxy) is 16. The first-order valence-corrected chi connectivity index (χ1v) is 41.9. The molecule has 2 aliphatic rings. The molecule has 674 valence electrons. The summed E-state index contributed by atoms with van der Waals surface area (Å²) in [5.41, 5.74) is 4.60. The van der Waals surface area contributed by atoms with Crippen LogP contribution in [0.15, 0.2) is 255 Å². The van der Waals surface area contributed by atoms with E-state index in [1.165, 1.54) is 85.3 Å². The Morgan fingerprint density at radius 2 is 0.426 bits per heavy atom. The molecule has 32 nitrogen and oxygen atoms in total. The predicted molar refractivity (Wildman–Crippen MR) is 507 cm³/mol. The van der Waals surface area contributed by atoms with Gasteiger partial charge in [-0.25, -0.2) is 49.1 Å². The molecule has 12 aromatic carbocycles. The average molecular weight is 1820 g/mol. The summed E-state index contributed by atoms with van der Waals surface area (Å²) < 4.78 is 118. The van der Waals surface area contributed by atoms with Crippen molar-refractivity contribution in [3.05, 3.63) is 260 Å². The van der Waals surface area contributed by atoms with Gasteiger partial charge in [0.2, 0.25) is 23.0 Å². The van der Waals surface area contributed by atoms with Crippen LogP contribution in [0.2, 0.25) is 0 Å². The Morgan fingerprint density at radius 3 is 0.676 bits per heavy atom. The number of aromatic nitrogens is 8. The maximum Gasteiger partial charge on any atom is 0.344 e. The zero-order valence-corrected chi connectivity index (χ0v) is 74.3. The van der Waals surface area contributed by atoms with E-state index < -0.39 is 22.5 Å². The van der Waals surface area contributed by atoms with Crippen molar-refractivity contribution in [2.75, 3.05) is 85.3 Å². The Morgan fingerprint density at radius 1 is 0.206 bits per heavy atom. The summed E-state index contributed by atoms with van der Waals surface area (Å²) in [6, 6.07) is 62.4. The molecule has 136 heavy (non-hydrogen) atoms. The maximum absolute atomic E-state index is 14.0. The molecule has 21 rings (SSSR count). The van der Waals surface area contributed by atoms with Crippen LogP contribution in [-0.2, 0) is 0 Å². The molecule has 19 aromatic rings. The normalized spacial score (nSPS) is 11.5. The van der Waals surface area contributed by atoms with E-state index in [1.807, 2.05) is 24.3 Å². The van der Waals surface area contributed by atoms with E-state index in [0.717, 1.165) is 0 Å². The third-order valence-electron chi connectivity index (χ3n) is 23.4. The number of H-pyrrole nitrogens is 2. The fourth-order valence-corrected chi connectivity index (χ4v) is 16.9. The number of nitrogens with one attached hydrogen (secondary N) is 2. The van der Waals surface area contributed by atoms with Crippen molar-refractivity contribution in [2.24, 2.45) is 0 Å². The molecule has 7 aromatic heterocycles. The number of rotatable bonds is 24. The SMILES string of the molecule is COc1cc(-c2cc3ccc(Oc4ccc5c(c4)-c4nc-5nc5[nH]c(nc6nc(nc7[nH]c(n4)c4ccc(Oc8ccc9cc(-c%10cc(OC)c(OC)c(OC)c%10)c(=O)oc9c8)cc74)-c4ccc(Oc7ccc8cc(-c9cc(OC)c(OC)c(OC)c9)c(=O)oc8c7)cc4-6)c4ccc(Oc6ccc7cc(-c8cc(OC)c(OC)c(OC)c8)c(=O)oc7c6)cc54)cc3oc2=O)cc(OC)c1OC. The summed E-state index contributed by atoms with van der Waals surface area (Å²) >= 11 is 0. The van der Waals surface area contributed by atoms with Crippen LogP contribution in [0.4, 0.5) is 0 Å². The summed E-state index contributed by atoms with van der Waals surface area (Å²) in [7, 11) is 17.9. The number of fused-ring (bicyclic) bond motifs is 24. The lowest BCUT2D eigenvalue weighted by Crippen LogP contribution is -2.04. The van der Waals surface area contributed by atoms with Crippen molar-refractivity contribution >= 4 is 88.0 Å². The van der Waals surface area contributed by atoms with Crippen molar-refractivity contribution in [2.45, 2.75) is 0 Å². The molecule has 0 saturated carbocycles. The topological polar surface area (TPSA) is 377 Å².